The number of hydrogen-bond donors (Lipinski definition) is 1. The maximum absolute atomic E-state index is 13.3. The number of pyridine rings is 1. The highest BCUT2D eigenvalue weighted by Gasteiger charge is 2.28. The third-order valence-electron chi connectivity index (χ3n) is 4.62. The van der Waals surface area contributed by atoms with Crippen LogP contribution in [0.4, 0.5) is 5.88 Å². The van der Waals surface area contributed by atoms with Crippen LogP contribution in [0.15, 0.2) is 45.9 Å². The van der Waals surface area contributed by atoms with E-state index in [1.54, 1.807) is 25.3 Å². The van der Waals surface area contributed by atoms with Crippen LogP contribution in [0.1, 0.15) is 27.3 Å². The number of aromatic nitrogens is 2. The molecule has 0 unspecified atom stereocenters. The Morgan fingerprint density at radius 1 is 1.21 bits per heavy atom. The summed E-state index contributed by atoms with van der Waals surface area (Å²) in [5.74, 6) is -0.0927. The molecule has 3 aromatic heterocycles. The first-order valence-electron chi connectivity index (χ1n) is 8.83. The molecule has 0 amide bonds. The van der Waals surface area contributed by atoms with E-state index in [1.807, 2.05) is 26.0 Å². The third-order valence-corrected chi connectivity index (χ3v) is 7.77. The Kier molecular flexibility index (Phi) is 5.10. The predicted molar refractivity (Wildman–Crippen MR) is 115 cm³/mol. The van der Waals surface area contributed by atoms with Crippen molar-refractivity contribution in [2.24, 2.45) is 0 Å². The van der Waals surface area contributed by atoms with E-state index in [9.17, 15) is 8.42 Å². The van der Waals surface area contributed by atoms with Gasteiger partial charge in [0.15, 0.2) is 0 Å². The molecule has 150 valence electrons. The van der Waals surface area contributed by atoms with Crippen LogP contribution in [0.3, 0.4) is 0 Å². The highest BCUT2D eigenvalue weighted by atomic mass is 35.5. The molecule has 0 aliphatic heterocycles. The Morgan fingerprint density at radius 3 is 2.69 bits per heavy atom. The van der Waals surface area contributed by atoms with Gasteiger partial charge < -0.3 is 4.52 Å². The molecule has 6 nitrogen and oxygen atoms in total. The van der Waals surface area contributed by atoms with E-state index in [0.29, 0.717) is 27.2 Å². The number of hydrogen-bond acceptors (Lipinski definition) is 6. The fourth-order valence-corrected chi connectivity index (χ4v) is 6.24. The number of nitrogens with zero attached hydrogens (tertiary/aromatic N) is 2. The standard InChI is InChI=1S/C20H18ClN3O3S2/c1-11-6-7-14(12(2)9-11)10-16-18(15-5-4-8-22-20(15)28-16)29(25,26)24-19-17(21)13(3)23-27-19/h4-9,24H,10H2,1-3H3. The molecule has 0 saturated carbocycles. The summed E-state index contributed by atoms with van der Waals surface area (Å²) in [6.45, 7) is 5.69. The lowest BCUT2D eigenvalue weighted by Gasteiger charge is -2.10. The molecule has 4 aromatic rings. The van der Waals surface area contributed by atoms with Crippen molar-refractivity contribution in [2.75, 3.05) is 4.72 Å². The molecule has 4 rings (SSSR count). The number of rotatable bonds is 5. The summed E-state index contributed by atoms with van der Waals surface area (Å²) in [7, 11) is -3.98. The largest absolute Gasteiger partial charge is 0.336 e. The van der Waals surface area contributed by atoms with E-state index in [0.717, 1.165) is 16.7 Å². The van der Waals surface area contributed by atoms with Gasteiger partial charge in [-0.05, 0) is 44.0 Å². The summed E-state index contributed by atoms with van der Waals surface area (Å²) in [5, 5.41) is 4.42. The average Bonchev–Trinajstić information content (AvgIpc) is 3.19. The Bertz CT molecular complexity index is 1330. The van der Waals surface area contributed by atoms with Crippen molar-refractivity contribution in [1.82, 2.24) is 10.1 Å². The zero-order valence-electron chi connectivity index (χ0n) is 16.0. The highest BCUT2D eigenvalue weighted by Crippen LogP contribution is 2.37. The van der Waals surface area contributed by atoms with Crippen molar-refractivity contribution < 1.29 is 12.9 Å². The molecular formula is C20H18ClN3O3S2. The van der Waals surface area contributed by atoms with E-state index in [2.05, 4.69) is 20.9 Å². The van der Waals surface area contributed by atoms with Gasteiger partial charge in [-0.15, -0.1) is 11.3 Å². The Morgan fingerprint density at radius 2 is 2.00 bits per heavy atom. The molecule has 0 bridgehead atoms. The lowest BCUT2D eigenvalue weighted by molar-refractivity contribution is 0.430. The summed E-state index contributed by atoms with van der Waals surface area (Å²) in [4.78, 5) is 5.90. The monoisotopic (exact) mass is 447 g/mol. The van der Waals surface area contributed by atoms with Crippen LogP contribution in [0.5, 0.6) is 0 Å². The SMILES string of the molecule is Cc1ccc(Cc2sc3ncccc3c2S(=O)(=O)Nc2onc(C)c2Cl)c(C)c1. The number of halogens is 1. The maximum atomic E-state index is 13.3. The van der Waals surface area contributed by atoms with Crippen molar-refractivity contribution in [2.45, 2.75) is 32.1 Å². The first-order chi connectivity index (χ1) is 13.8. The van der Waals surface area contributed by atoms with Gasteiger partial charge in [0.1, 0.15) is 20.4 Å². The second-order valence-corrected chi connectivity index (χ2v) is 9.91. The molecule has 0 aliphatic rings. The number of nitrogens with one attached hydrogen (secondary N) is 1. The topological polar surface area (TPSA) is 85.1 Å². The lowest BCUT2D eigenvalue weighted by Crippen LogP contribution is -2.14. The van der Waals surface area contributed by atoms with Gasteiger partial charge in [-0.1, -0.05) is 40.5 Å². The first-order valence-corrected chi connectivity index (χ1v) is 11.5. The van der Waals surface area contributed by atoms with Gasteiger partial charge in [0.25, 0.3) is 15.9 Å². The summed E-state index contributed by atoms with van der Waals surface area (Å²) < 4.78 is 34.1. The Balaban J connectivity index is 1.84. The van der Waals surface area contributed by atoms with Crippen LogP contribution in [0.2, 0.25) is 5.02 Å². The maximum Gasteiger partial charge on any atom is 0.266 e. The first kappa shape index (κ1) is 19.9. The molecular weight excluding hydrogens is 430 g/mol. The molecule has 0 radical (unpaired) electrons. The minimum atomic E-state index is -3.98. The van der Waals surface area contributed by atoms with E-state index in [-0.39, 0.29) is 15.8 Å². The quantitative estimate of drug-likeness (QED) is 0.451. The van der Waals surface area contributed by atoms with Crippen LogP contribution in [0, 0.1) is 20.8 Å². The summed E-state index contributed by atoms with van der Waals surface area (Å²) in [6.07, 6.45) is 2.13. The number of fused-ring (bicyclic) bond motifs is 1. The van der Waals surface area contributed by atoms with E-state index >= 15 is 0 Å². The van der Waals surface area contributed by atoms with E-state index < -0.39 is 10.0 Å². The minimum Gasteiger partial charge on any atom is -0.336 e. The zero-order valence-corrected chi connectivity index (χ0v) is 18.4. The van der Waals surface area contributed by atoms with Gasteiger partial charge in [0, 0.05) is 22.9 Å². The van der Waals surface area contributed by atoms with E-state index in [4.69, 9.17) is 16.1 Å². The van der Waals surface area contributed by atoms with Crippen molar-refractivity contribution in [3.05, 3.63) is 68.8 Å². The van der Waals surface area contributed by atoms with Crippen molar-refractivity contribution >= 4 is 49.1 Å². The van der Waals surface area contributed by atoms with Crippen LogP contribution >= 0.6 is 22.9 Å². The minimum absolute atomic E-state index is 0.0927. The molecule has 0 spiro atoms. The number of anilines is 1. The molecule has 3 heterocycles. The van der Waals surface area contributed by atoms with Gasteiger partial charge in [0.05, 0.1) is 0 Å². The molecule has 9 heteroatoms. The second-order valence-electron chi connectivity index (χ2n) is 6.83. The Labute approximate surface area is 177 Å². The normalized spacial score (nSPS) is 11.9. The molecule has 1 aromatic carbocycles. The van der Waals surface area contributed by atoms with Gasteiger partial charge in [-0.3, -0.25) is 0 Å². The van der Waals surface area contributed by atoms with E-state index in [1.165, 1.54) is 11.3 Å². The molecule has 0 atom stereocenters. The lowest BCUT2D eigenvalue weighted by atomic mass is 10.0. The fraction of sp³-hybridized carbons (Fsp3) is 0.200. The molecule has 1 N–H and O–H groups in total. The highest BCUT2D eigenvalue weighted by molar-refractivity contribution is 7.93. The van der Waals surface area contributed by atoms with Crippen molar-refractivity contribution in [1.29, 1.82) is 0 Å². The van der Waals surface area contributed by atoms with Gasteiger partial charge in [-0.2, -0.15) is 0 Å². The summed E-state index contributed by atoms with van der Waals surface area (Å²) in [6, 6.07) is 9.62. The fourth-order valence-electron chi connectivity index (χ4n) is 3.18. The zero-order chi connectivity index (χ0) is 20.8. The van der Waals surface area contributed by atoms with Gasteiger partial charge >= 0.3 is 0 Å². The number of aryl methyl sites for hydroxylation is 3. The number of sulfonamides is 1. The second kappa shape index (κ2) is 7.44. The summed E-state index contributed by atoms with van der Waals surface area (Å²) >= 11 is 7.48. The number of thiophene rings is 1. The van der Waals surface area contributed by atoms with Gasteiger partial charge in [-0.25, -0.2) is 18.1 Å². The third kappa shape index (κ3) is 3.75. The van der Waals surface area contributed by atoms with Crippen LogP contribution in [0.25, 0.3) is 10.2 Å². The van der Waals surface area contributed by atoms with Gasteiger partial charge in [0.2, 0.25) is 0 Å². The Hall–Kier alpha value is -2.42. The predicted octanol–water partition coefficient (Wildman–Crippen LogP) is 5.25. The average molecular weight is 448 g/mol. The summed E-state index contributed by atoms with van der Waals surface area (Å²) in [5.41, 5.74) is 3.75. The molecule has 0 aliphatic carbocycles. The smallest absolute Gasteiger partial charge is 0.266 e. The van der Waals surface area contributed by atoms with Crippen LogP contribution in [-0.4, -0.2) is 18.6 Å². The molecule has 0 saturated heterocycles. The molecule has 29 heavy (non-hydrogen) atoms. The van der Waals surface area contributed by atoms with Crippen LogP contribution < -0.4 is 4.72 Å². The van der Waals surface area contributed by atoms with Crippen LogP contribution in [-0.2, 0) is 16.4 Å². The number of benzene rings is 1. The molecule has 0 fully saturated rings. The van der Waals surface area contributed by atoms with Crippen molar-refractivity contribution in [3.63, 3.8) is 0 Å². The van der Waals surface area contributed by atoms with Crippen molar-refractivity contribution in [3.8, 4) is 0 Å².